The Hall–Kier alpha value is -3.55. The molecular weight excluding hydrogens is 352 g/mol. The zero-order valence-corrected chi connectivity index (χ0v) is 14.9. The Morgan fingerprint density at radius 1 is 1.19 bits per heavy atom. The summed E-state index contributed by atoms with van der Waals surface area (Å²) in [6.07, 6.45) is 1.58. The van der Waals surface area contributed by atoms with Gasteiger partial charge in [-0.25, -0.2) is 9.59 Å². The minimum atomic E-state index is -0.630. The van der Waals surface area contributed by atoms with Crippen molar-refractivity contribution in [2.75, 3.05) is 13.7 Å². The number of rotatable bonds is 6. The van der Waals surface area contributed by atoms with Gasteiger partial charge in [-0.05, 0) is 42.8 Å². The smallest absolute Gasteiger partial charge is 0.373 e. The maximum absolute atomic E-state index is 12.5. The third kappa shape index (κ3) is 4.00. The van der Waals surface area contributed by atoms with Gasteiger partial charge in [0, 0.05) is 0 Å². The number of ether oxygens (including phenoxy) is 2. The van der Waals surface area contributed by atoms with Gasteiger partial charge in [-0.2, -0.15) is 0 Å². The summed E-state index contributed by atoms with van der Waals surface area (Å²) in [5, 5.41) is 2.54. The van der Waals surface area contributed by atoms with E-state index in [0.717, 1.165) is 16.2 Å². The lowest BCUT2D eigenvalue weighted by atomic mass is 10.2. The Morgan fingerprint density at radius 3 is 2.59 bits per heavy atom. The predicted octanol–water partition coefficient (Wildman–Crippen LogP) is 2.56. The summed E-state index contributed by atoms with van der Waals surface area (Å²) in [5.41, 5.74) is 0.902. The second kappa shape index (κ2) is 7.77. The van der Waals surface area contributed by atoms with Gasteiger partial charge in [-0.3, -0.25) is 9.69 Å². The summed E-state index contributed by atoms with van der Waals surface area (Å²) in [7, 11) is 1.24. The fourth-order valence-electron chi connectivity index (χ4n) is 2.54. The van der Waals surface area contributed by atoms with Gasteiger partial charge >= 0.3 is 12.0 Å². The maximum Gasteiger partial charge on any atom is 0.373 e. The normalized spacial score (nSPS) is 15.2. The van der Waals surface area contributed by atoms with E-state index in [1.165, 1.54) is 19.2 Å². The van der Waals surface area contributed by atoms with Crippen molar-refractivity contribution in [1.82, 2.24) is 10.2 Å². The van der Waals surface area contributed by atoms with Gasteiger partial charge in [0.25, 0.3) is 5.91 Å². The molecule has 2 heterocycles. The molecule has 140 valence electrons. The first-order valence-electron chi connectivity index (χ1n) is 8.26. The third-order valence-corrected chi connectivity index (χ3v) is 3.83. The van der Waals surface area contributed by atoms with Crippen molar-refractivity contribution < 1.29 is 28.3 Å². The van der Waals surface area contributed by atoms with Gasteiger partial charge in [0.2, 0.25) is 5.76 Å². The molecule has 1 N–H and O–H groups in total. The van der Waals surface area contributed by atoms with E-state index in [-0.39, 0.29) is 18.0 Å². The largest absolute Gasteiger partial charge is 0.494 e. The number of carbonyl (C=O) groups excluding carboxylic acids is 3. The molecule has 1 saturated heterocycles. The van der Waals surface area contributed by atoms with Gasteiger partial charge in [-0.1, -0.05) is 12.1 Å². The van der Waals surface area contributed by atoms with Gasteiger partial charge < -0.3 is 19.2 Å². The van der Waals surface area contributed by atoms with Crippen LogP contribution < -0.4 is 10.1 Å². The summed E-state index contributed by atoms with van der Waals surface area (Å²) in [6.45, 7) is 2.36. The number of hydrogen-bond donors (Lipinski definition) is 1. The van der Waals surface area contributed by atoms with Crippen LogP contribution in [0.15, 0.2) is 46.5 Å². The highest BCUT2D eigenvalue weighted by Gasteiger charge is 2.34. The molecule has 1 aliphatic heterocycles. The number of imide groups is 1. The van der Waals surface area contributed by atoms with E-state index in [2.05, 4.69) is 10.1 Å². The molecule has 0 unspecified atom stereocenters. The predicted molar refractivity (Wildman–Crippen MR) is 94.7 cm³/mol. The third-order valence-electron chi connectivity index (χ3n) is 3.83. The summed E-state index contributed by atoms with van der Waals surface area (Å²) in [6, 6.07) is 9.52. The molecule has 8 nitrogen and oxygen atoms in total. The second-order valence-electron chi connectivity index (χ2n) is 5.64. The van der Waals surface area contributed by atoms with Crippen LogP contribution in [0, 0.1) is 0 Å². The molecule has 0 spiro atoms. The minimum Gasteiger partial charge on any atom is -0.494 e. The first-order valence-corrected chi connectivity index (χ1v) is 8.26. The van der Waals surface area contributed by atoms with E-state index in [1.807, 2.05) is 6.92 Å². The highest BCUT2D eigenvalue weighted by molar-refractivity contribution is 6.13. The molecule has 3 amide bonds. The highest BCUT2D eigenvalue weighted by atomic mass is 16.5. The summed E-state index contributed by atoms with van der Waals surface area (Å²) in [5.74, 6) is -0.0901. The van der Waals surface area contributed by atoms with Crippen LogP contribution in [0.3, 0.4) is 0 Å². The number of furan rings is 1. The van der Waals surface area contributed by atoms with Crippen LogP contribution in [-0.4, -0.2) is 36.5 Å². The van der Waals surface area contributed by atoms with Crippen LogP contribution in [0.25, 0.3) is 6.08 Å². The Morgan fingerprint density at radius 2 is 1.93 bits per heavy atom. The molecule has 1 fully saturated rings. The second-order valence-corrected chi connectivity index (χ2v) is 5.64. The van der Waals surface area contributed by atoms with Crippen molar-refractivity contribution in [2.45, 2.75) is 13.5 Å². The van der Waals surface area contributed by atoms with E-state index in [4.69, 9.17) is 9.15 Å². The quantitative estimate of drug-likeness (QED) is 0.477. The molecule has 2 aromatic rings. The van der Waals surface area contributed by atoms with Crippen molar-refractivity contribution in [3.8, 4) is 5.75 Å². The van der Waals surface area contributed by atoms with Gasteiger partial charge in [0.05, 0.1) is 20.3 Å². The molecule has 0 aliphatic carbocycles. The van der Waals surface area contributed by atoms with Gasteiger partial charge in [0.15, 0.2) is 0 Å². The number of benzene rings is 1. The molecule has 3 rings (SSSR count). The van der Waals surface area contributed by atoms with Crippen LogP contribution in [0.1, 0.15) is 28.8 Å². The Kier molecular flexibility index (Phi) is 5.25. The van der Waals surface area contributed by atoms with Crippen LogP contribution in [0.4, 0.5) is 4.79 Å². The first kappa shape index (κ1) is 18.2. The molecule has 0 radical (unpaired) electrons. The monoisotopic (exact) mass is 370 g/mol. The van der Waals surface area contributed by atoms with Crippen LogP contribution >= 0.6 is 0 Å². The van der Waals surface area contributed by atoms with E-state index in [9.17, 15) is 14.4 Å². The van der Waals surface area contributed by atoms with Crippen molar-refractivity contribution in [3.05, 3.63) is 59.2 Å². The van der Waals surface area contributed by atoms with Crippen LogP contribution in [0.5, 0.6) is 5.75 Å². The van der Waals surface area contributed by atoms with Crippen LogP contribution in [-0.2, 0) is 16.1 Å². The molecular formula is C19H18N2O6. The van der Waals surface area contributed by atoms with E-state index < -0.39 is 17.9 Å². The van der Waals surface area contributed by atoms with Crippen molar-refractivity contribution in [2.24, 2.45) is 0 Å². The Labute approximate surface area is 155 Å². The average molecular weight is 370 g/mol. The highest BCUT2D eigenvalue weighted by Crippen LogP contribution is 2.20. The van der Waals surface area contributed by atoms with Gasteiger partial charge in [0.1, 0.15) is 17.2 Å². The number of methoxy groups -OCH3 is 1. The number of carbonyl (C=O) groups is 3. The number of urea groups is 1. The fourth-order valence-corrected chi connectivity index (χ4v) is 2.54. The number of esters is 1. The molecule has 1 aromatic heterocycles. The van der Waals surface area contributed by atoms with Crippen molar-refractivity contribution in [3.63, 3.8) is 0 Å². The van der Waals surface area contributed by atoms with E-state index in [0.29, 0.717) is 12.4 Å². The zero-order valence-electron chi connectivity index (χ0n) is 14.9. The molecule has 1 aromatic carbocycles. The number of nitrogens with one attached hydrogen (secondary N) is 1. The topological polar surface area (TPSA) is 98.1 Å². The SMILES string of the molecule is CCOc1ccc(/C=C2\NC(=O)N(Cc3ccc(C(=O)OC)o3)C2=O)cc1. The number of amides is 3. The molecule has 0 bridgehead atoms. The lowest BCUT2D eigenvalue weighted by Crippen LogP contribution is -2.30. The zero-order chi connectivity index (χ0) is 19.4. The Bertz CT molecular complexity index is 897. The molecule has 1 aliphatic rings. The minimum absolute atomic E-state index is 0.00436. The lowest BCUT2D eigenvalue weighted by molar-refractivity contribution is -0.123. The average Bonchev–Trinajstić information content (AvgIpc) is 3.24. The van der Waals surface area contributed by atoms with Crippen LogP contribution in [0.2, 0.25) is 0 Å². The lowest BCUT2D eigenvalue weighted by Gasteiger charge is -2.09. The van der Waals surface area contributed by atoms with Crippen molar-refractivity contribution in [1.29, 1.82) is 0 Å². The number of hydrogen-bond acceptors (Lipinski definition) is 6. The van der Waals surface area contributed by atoms with E-state index in [1.54, 1.807) is 30.3 Å². The number of nitrogens with zero attached hydrogens (tertiary/aromatic N) is 1. The fraction of sp³-hybridized carbons (Fsp3) is 0.211. The maximum atomic E-state index is 12.5. The summed E-state index contributed by atoms with van der Waals surface area (Å²) < 4.78 is 15.2. The standard InChI is InChI=1S/C19H18N2O6/c1-3-26-13-6-4-12(5-7-13)10-15-17(22)21(19(24)20-15)11-14-8-9-16(27-14)18(23)25-2/h4-10H,3,11H2,1-2H3,(H,20,24)/b15-10-. The molecule has 0 saturated carbocycles. The molecule has 8 heteroatoms. The van der Waals surface area contributed by atoms with E-state index >= 15 is 0 Å². The summed E-state index contributed by atoms with van der Waals surface area (Å²) in [4.78, 5) is 37.1. The van der Waals surface area contributed by atoms with Crippen molar-refractivity contribution >= 4 is 24.0 Å². The molecule has 27 heavy (non-hydrogen) atoms. The Balaban J connectivity index is 1.72. The van der Waals surface area contributed by atoms with Gasteiger partial charge in [-0.15, -0.1) is 0 Å². The first-order chi connectivity index (χ1) is 13.0. The molecule has 0 atom stereocenters. The summed E-state index contributed by atoms with van der Waals surface area (Å²) >= 11 is 0.